The number of amides is 1. The van der Waals surface area contributed by atoms with Crippen molar-refractivity contribution in [3.05, 3.63) is 50.7 Å². The first kappa shape index (κ1) is 24.2. The highest BCUT2D eigenvalue weighted by Crippen LogP contribution is 2.19. The number of anilines is 3. The molecule has 0 saturated heterocycles. The molecule has 0 aliphatic carbocycles. The fourth-order valence-electron chi connectivity index (χ4n) is 3.35. The predicted octanol–water partition coefficient (Wildman–Crippen LogP) is 2.97. The lowest BCUT2D eigenvalue weighted by molar-refractivity contribution is -0.115. The number of nitrogen functional groups attached to an aromatic ring is 1. The number of hydrogen-bond acceptors (Lipinski definition) is 5. The minimum absolute atomic E-state index is 0.0394. The normalized spacial score (nSPS) is 11.0. The van der Waals surface area contributed by atoms with Gasteiger partial charge in [0, 0.05) is 18.8 Å². The van der Waals surface area contributed by atoms with Crippen molar-refractivity contribution in [3.63, 3.8) is 0 Å². The number of nitrogens with two attached hydrogens (primary N) is 1. The van der Waals surface area contributed by atoms with Gasteiger partial charge in [-0.05, 0) is 42.9 Å². The highest BCUT2D eigenvalue weighted by Gasteiger charge is 2.21. The number of aryl methyl sites for hydroxylation is 1. The van der Waals surface area contributed by atoms with Crippen LogP contribution < -0.4 is 27.2 Å². The average molecular weight is 430 g/mol. The summed E-state index contributed by atoms with van der Waals surface area (Å²) in [6.07, 6.45) is 3.29. The Hall–Kier alpha value is -3.03. The van der Waals surface area contributed by atoms with Crippen LogP contribution in [0.15, 0.2) is 33.9 Å². The van der Waals surface area contributed by atoms with E-state index in [-0.39, 0.29) is 24.0 Å². The van der Waals surface area contributed by atoms with Crippen molar-refractivity contribution in [2.45, 2.75) is 59.9 Å². The topological polar surface area (TPSA) is 113 Å². The Bertz CT molecular complexity index is 993. The number of nitrogens with one attached hydrogen (secondary N) is 2. The highest BCUT2D eigenvalue weighted by atomic mass is 16.2. The van der Waals surface area contributed by atoms with Gasteiger partial charge in [0.1, 0.15) is 11.5 Å². The van der Waals surface area contributed by atoms with Crippen LogP contribution in [0.5, 0.6) is 0 Å². The van der Waals surface area contributed by atoms with Gasteiger partial charge in [0.25, 0.3) is 5.56 Å². The van der Waals surface area contributed by atoms with E-state index in [4.69, 9.17) is 5.73 Å². The van der Waals surface area contributed by atoms with Gasteiger partial charge in [-0.1, -0.05) is 46.2 Å². The quantitative estimate of drug-likeness (QED) is 0.508. The maximum Gasteiger partial charge on any atom is 0.330 e. The van der Waals surface area contributed by atoms with E-state index >= 15 is 0 Å². The molecule has 0 unspecified atom stereocenters. The van der Waals surface area contributed by atoms with E-state index in [9.17, 15) is 14.4 Å². The first-order valence-corrected chi connectivity index (χ1v) is 11.0. The minimum Gasteiger partial charge on any atom is -0.383 e. The van der Waals surface area contributed by atoms with Gasteiger partial charge < -0.3 is 16.0 Å². The van der Waals surface area contributed by atoms with Crippen LogP contribution in [0.3, 0.4) is 0 Å². The molecule has 2 aromatic rings. The van der Waals surface area contributed by atoms with Gasteiger partial charge in [0.2, 0.25) is 5.91 Å². The van der Waals surface area contributed by atoms with Crippen molar-refractivity contribution in [3.8, 4) is 0 Å². The largest absolute Gasteiger partial charge is 0.383 e. The molecular formula is C23H35N5O3. The molecule has 8 nitrogen and oxygen atoms in total. The van der Waals surface area contributed by atoms with Gasteiger partial charge >= 0.3 is 5.69 Å². The molecule has 4 N–H and O–H groups in total. The number of carbonyl (C=O) groups is 1. The van der Waals surface area contributed by atoms with Crippen LogP contribution in [-0.4, -0.2) is 28.5 Å². The summed E-state index contributed by atoms with van der Waals surface area (Å²) >= 11 is 0. The summed E-state index contributed by atoms with van der Waals surface area (Å²) in [5.74, 6) is 0.229. The second-order valence-electron chi connectivity index (χ2n) is 8.20. The van der Waals surface area contributed by atoms with E-state index in [1.54, 1.807) is 4.90 Å². The molecule has 0 bridgehead atoms. The molecule has 2 rings (SSSR count). The fraction of sp³-hybridized carbons (Fsp3) is 0.522. The maximum absolute atomic E-state index is 12.8. The first-order valence-electron chi connectivity index (χ1n) is 11.0. The molecule has 8 heteroatoms. The van der Waals surface area contributed by atoms with Crippen molar-refractivity contribution in [1.29, 1.82) is 0 Å². The first-order chi connectivity index (χ1) is 14.8. The van der Waals surface area contributed by atoms with E-state index in [1.165, 1.54) is 4.57 Å². The zero-order chi connectivity index (χ0) is 23.0. The lowest BCUT2D eigenvalue weighted by Gasteiger charge is -2.26. The number of hydrogen-bond donors (Lipinski definition) is 3. The summed E-state index contributed by atoms with van der Waals surface area (Å²) in [5.41, 5.74) is 7.18. The zero-order valence-corrected chi connectivity index (χ0v) is 19.0. The van der Waals surface area contributed by atoms with E-state index < -0.39 is 11.2 Å². The van der Waals surface area contributed by atoms with E-state index in [1.807, 2.05) is 31.2 Å². The van der Waals surface area contributed by atoms with Crippen molar-refractivity contribution < 1.29 is 4.79 Å². The molecule has 0 atom stereocenters. The number of nitrogens with zero attached hydrogens (tertiary/aromatic N) is 2. The number of unbranched alkanes of at least 4 members (excludes halogenated alkanes) is 1. The third-order valence-electron chi connectivity index (χ3n) is 5.20. The van der Waals surface area contributed by atoms with Gasteiger partial charge in [-0.15, -0.1) is 0 Å². The molecule has 1 aromatic heterocycles. The average Bonchev–Trinajstić information content (AvgIpc) is 2.71. The molecule has 31 heavy (non-hydrogen) atoms. The van der Waals surface area contributed by atoms with Crippen LogP contribution in [0.2, 0.25) is 0 Å². The van der Waals surface area contributed by atoms with Gasteiger partial charge in [0.05, 0.1) is 6.54 Å². The molecule has 0 spiro atoms. The van der Waals surface area contributed by atoms with Gasteiger partial charge in [-0.25, -0.2) is 4.79 Å². The number of carbonyl (C=O) groups excluding carboxylic acids is 1. The molecular weight excluding hydrogens is 394 g/mol. The van der Waals surface area contributed by atoms with E-state index in [0.29, 0.717) is 24.7 Å². The van der Waals surface area contributed by atoms with Crippen LogP contribution in [0.1, 0.15) is 52.5 Å². The smallest absolute Gasteiger partial charge is 0.330 e. The molecule has 0 aliphatic rings. The summed E-state index contributed by atoms with van der Waals surface area (Å²) < 4.78 is 1.38. The summed E-state index contributed by atoms with van der Waals surface area (Å²) in [7, 11) is 0. The standard InChI is InChI=1S/C23H35N5O3/c1-5-7-12-28-21(24)20(22(30)26-23(28)31)27(13-11-16(3)4)15-19(29)25-18-10-8-9-17(6-2)14-18/h8-10,14,16H,5-7,11-13,15,24H2,1-4H3,(H,25,29)(H,26,30,31). The Morgan fingerprint density at radius 1 is 1.26 bits per heavy atom. The van der Waals surface area contributed by atoms with Crippen molar-refractivity contribution in [1.82, 2.24) is 9.55 Å². The Labute approximate surface area is 183 Å². The van der Waals surface area contributed by atoms with Crippen LogP contribution in [0.25, 0.3) is 0 Å². The van der Waals surface area contributed by atoms with Gasteiger partial charge in [-0.2, -0.15) is 0 Å². The number of aromatic amines is 1. The Morgan fingerprint density at radius 3 is 2.65 bits per heavy atom. The number of aromatic nitrogens is 2. The van der Waals surface area contributed by atoms with Crippen molar-refractivity contribution in [2.24, 2.45) is 5.92 Å². The van der Waals surface area contributed by atoms with Gasteiger partial charge in [-0.3, -0.25) is 19.1 Å². The third-order valence-corrected chi connectivity index (χ3v) is 5.20. The van der Waals surface area contributed by atoms with E-state index in [0.717, 1.165) is 31.2 Å². The lowest BCUT2D eigenvalue weighted by Crippen LogP contribution is -2.42. The second-order valence-corrected chi connectivity index (χ2v) is 8.20. The van der Waals surface area contributed by atoms with Crippen LogP contribution in [0, 0.1) is 5.92 Å². The number of H-pyrrole nitrogens is 1. The molecule has 1 heterocycles. The Morgan fingerprint density at radius 2 is 2.00 bits per heavy atom. The number of benzene rings is 1. The molecule has 0 fully saturated rings. The SMILES string of the molecule is CCCCn1c(N)c(N(CCC(C)C)CC(=O)Nc2cccc(CC)c2)c(=O)[nH]c1=O. The zero-order valence-electron chi connectivity index (χ0n) is 19.0. The Balaban J connectivity index is 2.34. The summed E-state index contributed by atoms with van der Waals surface area (Å²) in [6.45, 7) is 9.06. The molecule has 1 aromatic carbocycles. The number of rotatable bonds is 11. The van der Waals surface area contributed by atoms with Crippen LogP contribution >= 0.6 is 0 Å². The summed E-state index contributed by atoms with van der Waals surface area (Å²) in [4.78, 5) is 41.8. The Kier molecular flexibility index (Phi) is 8.90. The van der Waals surface area contributed by atoms with Crippen LogP contribution in [0.4, 0.5) is 17.2 Å². The fourth-order valence-corrected chi connectivity index (χ4v) is 3.35. The lowest BCUT2D eigenvalue weighted by atomic mass is 10.1. The van der Waals surface area contributed by atoms with E-state index in [2.05, 4.69) is 31.1 Å². The predicted molar refractivity (Wildman–Crippen MR) is 127 cm³/mol. The monoisotopic (exact) mass is 429 g/mol. The molecule has 0 saturated carbocycles. The van der Waals surface area contributed by atoms with Crippen molar-refractivity contribution >= 4 is 23.1 Å². The third kappa shape index (κ3) is 6.73. The molecule has 0 aliphatic heterocycles. The molecule has 170 valence electrons. The molecule has 1 amide bonds. The van der Waals surface area contributed by atoms with Crippen molar-refractivity contribution in [2.75, 3.05) is 29.0 Å². The second kappa shape index (κ2) is 11.4. The minimum atomic E-state index is -0.570. The summed E-state index contributed by atoms with van der Waals surface area (Å²) in [6, 6.07) is 7.67. The maximum atomic E-state index is 12.8. The highest BCUT2D eigenvalue weighted by molar-refractivity contribution is 5.94. The summed E-state index contributed by atoms with van der Waals surface area (Å²) in [5, 5.41) is 2.90. The van der Waals surface area contributed by atoms with Crippen LogP contribution in [-0.2, 0) is 17.8 Å². The van der Waals surface area contributed by atoms with Gasteiger partial charge in [0.15, 0.2) is 0 Å². The molecule has 0 radical (unpaired) electrons.